The largest absolute Gasteiger partial charge is 0.494 e. The Bertz CT molecular complexity index is 3190. The van der Waals surface area contributed by atoms with Crippen molar-refractivity contribution in [2.75, 3.05) is 148 Å². The fourth-order valence-corrected chi connectivity index (χ4v) is 13.2. The van der Waals surface area contributed by atoms with Crippen LogP contribution in [-0.4, -0.2) is 215 Å². The molecule has 490 valence electrons. The first kappa shape index (κ1) is 69.6. The quantitative estimate of drug-likeness (QED) is 0.0213. The van der Waals surface area contributed by atoms with Crippen molar-refractivity contribution in [1.29, 1.82) is 0 Å². The molecule has 4 amide bonds. The number of aliphatic hydroxyl groups excluding tert-OH is 1. The SMILES string of the molecule is COc1cc(N2CCC(N3CCN(C(=O)CCOCCOCCOCCOCCOCCC(=O)N[C@H](C(=O)N4C[C@H](O)C[C@H]4C(=O)NCc4ccc(-c5scnc5C)cc4)C(C)(C)C)CC3)CC2)ccc1Nc1ncc(Cl)c(Nc2ccccc2P(C)(C)=O)n1. The molecule has 3 atom stereocenters. The van der Waals surface area contributed by atoms with Crippen LogP contribution in [0.5, 0.6) is 5.75 Å². The van der Waals surface area contributed by atoms with E-state index in [4.69, 9.17) is 40.0 Å². The smallest absolute Gasteiger partial charge is 0.246 e. The fourth-order valence-electron chi connectivity index (χ4n) is 11.1. The lowest BCUT2D eigenvalue weighted by Crippen LogP contribution is -2.57. The number of β-amino-alcohol motifs (C(OH)–C–C–N with tert-alkyl or cyclic N) is 1. The van der Waals surface area contributed by atoms with Gasteiger partial charge in [-0.25, -0.2) is 9.97 Å². The Morgan fingerprint density at radius 3 is 2.03 bits per heavy atom. The van der Waals surface area contributed by atoms with Crippen LogP contribution in [0.15, 0.2) is 78.4 Å². The number of nitrogens with zero attached hydrogens (tertiary/aromatic N) is 7. The minimum atomic E-state index is -2.57. The number of aryl methyl sites for hydroxylation is 1. The number of benzene rings is 3. The molecule has 3 saturated heterocycles. The minimum absolute atomic E-state index is 0.0104. The number of amides is 4. The van der Waals surface area contributed by atoms with Crippen molar-refractivity contribution in [2.45, 2.75) is 90.6 Å². The maximum atomic E-state index is 14.0. The molecule has 26 heteroatoms. The topological polar surface area (TPSA) is 261 Å². The normalized spacial score (nSPS) is 17.1. The molecule has 23 nitrogen and oxygen atoms in total. The Labute approximate surface area is 537 Å². The molecule has 8 rings (SSSR count). The number of carbonyl (C=O) groups is 4. The van der Waals surface area contributed by atoms with Gasteiger partial charge >= 0.3 is 0 Å². The molecule has 5 heterocycles. The Morgan fingerprint density at radius 1 is 0.789 bits per heavy atom. The molecule has 0 aliphatic carbocycles. The van der Waals surface area contributed by atoms with Gasteiger partial charge in [0.1, 0.15) is 30.0 Å². The number of likely N-dealkylation sites (tertiary alicyclic amines) is 1. The molecule has 2 aromatic heterocycles. The summed E-state index contributed by atoms with van der Waals surface area (Å²) in [5.41, 5.74) is 6.47. The van der Waals surface area contributed by atoms with Crippen LogP contribution >= 0.6 is 30.1 Å². The summed E-state index contributed by atoms with van der Waals surface area (Å²) in [6.07, 6.45) is 3.13. The van der Waals surface area contributed by atoms with Crippen LogP contribution in [0.2, 0.25) is 5.02 Å². The van der Waals surface area contributed by atoms with Gasteiger partial charge in [-0.15, -0.1) is 11.3 Å². The highest BCUT2D eigenvalue weighted by molar-refractivity contribution is 7.70. The lowest BCUT2D eigenvalue weighted by molar-refractivity contribution is -0.144. The number of halogens is 1. The zero-order chi connectivity index (χ0) is 64.2. The number of methoxy groups -OCH3 is 1. The summed E-state index contributed by atoms with van der Waals surface area (Å²) in [5, 5.41) is 23.9. The van der Waals surface area contributed by atoms with Gasteiger partial charge in [0.05, 0.1) is 119 Å². The average Bonchev–Trinajstić information content (AvgIpc) is 1.66. The highest BCUT2D eigenvalue weighted by atomic mass is 35.5. The average molecular weight is 1300 g/mol. The molecule has 3 aliphatic heterocycles. The third-order valence-corrected chi connectivity index (χ3v) is 18.9. The maximum Gasteiger partial charge on any atom is 0.246 e. The molecule has 5 aromatic rings. The fraction of sp³-hybridized carbons (Fsp3) is 0.547. The molecule has 0 spiro atoms. The highest BCUT2D eigenvalue weighted by Gasteiger charge is 2.44. The number of nitrogens with one attached hydrogen (secondary N) is 4. The van der Waals surface area contributed by atoms with Gasteiger partial charge in [0.15, 0.2) is 5.82 Å². The number of ether oxygens (including phenoxy) is 6. The lowest BCUT2D eigenvalue weighted by atomic mass is 9.85. The van der Waals surface area contributed by atoms with Crippen LogP contribution in [-0.2, 0) is 54.0 Å². The number of rotatable bonds is 32. The molecule has 0 unspecified atom stereocenters. The second-order valence-corrected chi connectivity index (χ2v) is 28.5. The third-order valence-electron chi connectivity index (χ3n) is 16.1. The third kappa shape index (κ3) is 20.3. The van der Waals surface area contributed by atoms with E-state index in [1.807, 2.05) is 98.8 Å². The number of aliphatic hydroxyl groups is 1. The first-order chi connectivity index (χ1) is 43.2. The highest BCUT2D eigenvalue weighted by Crippen LogP contribution is 2.39. The zero-order valence-corrected chi connectivity index (χ0v) is 55.3. The summed E-state index contributed by atoms with van der Waals surface area (Å²) in [4.78, 5) is 76.2. The van der Waals surface area contributed by atoms with Crippen LogP contribution in [0.25, 0.3) is 10.4 Å². The molecule has 3 aromatic carbocycles. The maximum absolute atomic E-state index is 14.0. The second kappa shape index (κ2) is 33.8. The van der Waals surface area contributed by atoms with E-state index in [9.17, 15) is 28.8 Å². The van der Waals surface area contributed by atoms with Gasteiger partial charge in [0.25, 0.3) is 0 Å². The van der Waals surface area contributed by atoms with Crippen molar-refractivity contribution in [3.05, 3.63) is 94.7 Å². The number of piperidine rings is 1. The summed E-state index contributed by atoms with van der Waals surface area (Å²) in [7, 11) is -0.931. The Kier molecular flexibility index (Phi) is 26.2. The number of carbonyl (C=O) groups excluding carboxylic acids is 4. The van der Waals surface area contributed by atoms with E-state index in [1.54, 1.807) is 31.8 Å². The van der Waals surface area contributed by atoms with Crippen LogP contribution in [0.1, 0.15) is 64.1 Å². The van der Waals surface area contributed by atoms with Gasteiger partial charge < -0.3 is 74.1 Å². The van der Waals surface area contributed by atoms with Gasteiger partial charge in [-0.1, -0.05) is 68.8 Å². The number of thiazole rings is 1. The van der Waals surface area contributed by atoms with Crippen molar-refractivity contribution in [2.24, 2.45) is 5.41 Å². The first-order valence-electron chi connectivity index (χ1n) is 30.9. The molecule has 0 saturated carbocycles. The van der Waals surface area contributed by atoms with E-state index in [1.165, 1.54) is 11.1 Å². The Morgan fingerprint density at radius 2 is 1.42 bits per heavy atom. The number of para-hydroxylation sites is 1. The Hall–Kier alpha value is -6.31. The summed E-state index contributed by atoms with van der Waals surface area (Å²) in [6, 6.07) is 20.0. The van der Waals surface area contributed by atoms with Crippen LogP contribution in [0, 0.1) is 12.3 Å². The first-order valence-corrected chi connectivity index (χ1v) is 34.7. The molecule has 90 heavy (non-hydrogen) atoms. The van der Waals surface area contributed by atoms with E-state index in [0.717, 1.165) is 66.4 Å². The summed E-state index contributed by atoms with van der Waals surface area (Å²) >= 11 is 8.07. The summed E-state index contributed by atoms with van der Waals surface area (Å²) in [6.45, 7) is 19.4. The monoisotopic (exact) mass is 1300 g/mol. The lowest BCUT2D eigenvalue weighted by Gasteiger charge is -2.43. The van der Waals surface area contributed by atoms with Crippen molar-refractivity contribution in [3.8, 4) is 16.2 Å². The van der Waals surface area contributed by atoms with Crippen LogP contribution < -0.4 is 36.2 Å². The van der Waals surface area contributed by atoms with E-state index in [2.05, 4.69) is 52.1 Å². The molecule has 5 N–H and O–H groups in total. The van der Waals surface area contributed by atoms with E-state index in [-0.39, 0.29) is 56.9 Å². The number of hydrogen-bond acceptors (Lipinski definition) is 20. The van der Waals surface area contributed by atoms with Crippen molar-refractivity contribution in [1.82, 2.24) is 40.3 Å². The van der Waals surface area contributed by atoms with Crippen LogP contribution in [0.4, 0.5) is 28.8 Å². The zero-order valence-electron chi connectivity index (χ0n) is 52.9. The van der Waals surface area contributed by atoms with Gasteiger partial charge in [0, 0.05) is 88.3 Å². The predicted molar refractivity (Wildman–Crippen MR) is 350 cm³/mol. The Balaban J connectivity index is 0.612. The minimum Gasteiger partial charge on any atom is -0.494 e. The number of hydrogen-bond donors (Lipinski definition) is 5. The molecular formula is C64H89ClN11O12PS. The number of anilines is 5. The summed E-state index contributed by atoms with van der Waals surface area (Å²) in [5.74, 6) is 0.303. The number of aromatic nitrogens is 3. The molecular weight excluding hydrogens is 1210 g/mol. The van der Waals surface area contributed by atoms with Crippen molar-refractivity contribution in [3.63, 3.8) is 0 Å². The van der Waals surface area contributed by atoms with Crippen molar-refractivity contribution < 1.29 is 57.3 Å². The standard InChI is InChI=1S/C64H89ClN11O12PS/c1-44-58(90-43-68-44)46-14-12-45(13-15-46)40-66-61(80)53-39-49(77)42-76(53)62(81)59(64(2,3)4)71-56(78)20-28-84-30-32-86-34-36-88-37-35-87-33-31-85-29-21-57(79)75-26-24-74(25-27-75)47-18-22-73(23-19-47)48-16-17-51(54(38-48)83-5)70-63-67-41-50(65)60(72-63)69-52-10-8-9-11-55(52)89(6,7)82/h8-17,38,41,43,47,49,53,59,77H,18-37,39-40,42H2,1-7H3,(H,66,80)(H,71,78)(H2,67,69,70,72)/t49-,53+,59-/m1/s1. The van der Waals surface area contributed by atoms with Crippen LogP contribution in [0.3, 0.4) is 0 Å². The van der Waals surface area contributed by atoms with E-state index in [0.29, 0.717) is 118 Å². The molecule has 3 fully saturated rings. The van der Waals surface area contributed by atoms with Gasteiger partial charge in [-0.05, 0) is 73.9 Å². The van der Waals surface area contributed by atoms with E-state index < -0.39 is 36.7 Å². The number of piperazine rings is 1. The molecule has 0 bridgehead atoms. The predicted octanol–water partition coefficient (Wildman–Crippen LogP) is 7.09. The van der Waals surface area contributed by atoms with Gasteiger partial charge in [-0.2, -0.15) is 4.98 Å². The van der Waals surface area contributed by atoms with Gasteiger partial charge in [-0.3, -0.25) is 24.1 Å². The summed E-state index contributed by atoms with van der Waals surface area (Å²) < 4.78 is 46.9. The molecule has 3 aliphatic rings. The van der Waals surface area contributed by atoms with Crippen molar-refractivity contribution >= 4 is 87.8 Å². The van der Waals surface area contributed by atoms with E-state index >= 15 is 0 Å². The molecule has 0 radical (unpaired) electrons. The van der Waals surface area contributed by atoms with Gasteiger partial charge in [0.2, 0.25) is 29.6 Å². The second-order valence-electron chi connectivity index (χ2n) is 24.0.